The molecule has 0 spiro atoms. The number of nitrogens with zero attached hydrogens (tertiary/aromatic N) is 3. The molecule has 3 aliphatic heterocycles. The van der Waals surface area contributed by atoms with E-state index in [-0.39, 0.29) is 17.9 Å². The largest absolute Gasteiger partial charge is 0.368 e. The highest BCUT2D eigenvalue weighted by Gasteiger charge is 2.33. The van der Waals surface area contributed by atoms with Crippen LogP contribution in [0.15, 0.2) is 66.7 Å². The molecule has 1 fully saturated rings. The lowest BCUT2D eigenvalue weighted by Gasteiger charge is -2.40. The van der Waals surface area contributed by atoms with Gasteiger partial charge in [0.1, 0.15) is 6.04 Å². The average molecular weight is 586 g/mol. The topological polar surface area (TPSA) is 67.9 Å². The molecule has 1 saturated heterocycles. The highest BCUT2D eigenvalue weighted by atomic mass is 35.5. The second-order valence-corrected chi connectivity index (χ2v) is 12.1. The summed E-state index contributed by atoms with van der Waals surface area (Å²) in [7, 11) is 0. The van der Waals surface area contributed by atoms with Gasteiger partial charge in [-0.25, -0.2) is 0 Å². The van der Waals surface area contributed by atoms with Crippen LogP contribution in [0.2, 0.25) is 5.02 Å². The maximum absolute atomic E-state index is 14.0. The Morgan fingerprint density at radius 2 is 1.67 bits per heavy atom. The molecule has 0 bridgehead atoms. The van der Waals surface area contributed by atoms with E-state index in [1.807, 2.05) is 41.3 Å². The maximum atomic E-state index is 14.0. The third-order valence-corrected chi connectivity index (χ3v) is 9.32. The van der Waals surface area contributed by atoms with Crippen molar-refractivity contribution in [1.29, 1.82) is 0 Å². The van der Waals surface area contributed by atoms with Crippen LogP contribution in [0.25, 0.3) is 0 Å². The van der Waals surface area contributed by atoms with Gasteiger partial charge < -0.3 is 20.4 Å². The molecule has 0 aromatic heterocycles. The third-order valence-electron chi connectivity index (χ3n) is 9.07. The number of carbonyl (C=O) groups excluding carboxylic acids is 2. The molecule has 6 rings (SSSR count). The number of hydrogen-bond acceptors (Lipinski definition) is 5. The van der Waals surface area contributed by atoms with Crippen molar-refractivity contribution in [2.75, 3.05) is 44.2 Å². The Morgan fingerprint density at radius 3 is 2.43 bits per heavy atom. The van der Waals surface area contributed by atoms with Crippen molar-refractivity contribution in [2.24, 2.45) is 0 Å². The van der Waals surface area contributed by atoms with Crippen molar-refractivity contribution in [3.63, 3.8) is 0 Å². The van der Waals surface area contributed by atoms with Crippen molar-refractivity contribution >= 4 is 29.1 Å². The number of anilines is 1. The summed E-state index contributed by atoms with van der Waals surface area (Å²) < 4.78 is 0. The first-order valence-corrected chi connectivity index (χ1v) is 15.6. The van der Waals surface area contributed by atoms with Crippen LogP contribution < -0.4 is 15.5 Å². The minimum atomic E-state index is -0.646. The Bertz CT molecular complexity index is 1420. The van der Waals surface area contributed by atoms with Gasteiger partial charge in [0.15, 0.2) is 0 Å². The van der Waals surface area contributed by atoms with E-state index in [0.717, 1.165) is 44.7 Å². The molecule has 2 atom stereocenters. The van der Waals surface area contributed by atoms with Gasteiger partial charge in [-0.05, 0) is 65.4 Å². The van der Waals surface area contributed by atoms with E-state index in [1.165, 1.54) is 27.9 Å². The highest BCUT2D eigenvalue weighted by molar-refractivity contribution is 6.30. The summed E-state index contributed by atoms with van der Waals surface area (Å²) in [5.41, 5.74) is 7.54. The lowest BCUT2D eigenvalue weighted by Crippen LogP contribution is -2.58. The smallest absolute Gasteiger partial charge is 0.245 e. The number of rotatable bonds is 7. The second kappa shape index (κ2) is 12.9. The van der Waals surface area contributed by atoms with Crippen molar-refractivity contribution in [1.82, 2.24) is 20.4 Å². The van der Waals surface area contributed by atoms with Crippen LogP contribution in [0.1, 0.15) is 34.7 Å². The Balaban J connectivity index is 1.14. The first-order valence-electron chi connectivity index (χ1n) is 15.2. The molecule has 0 aliphatic carbocycles. The van der Waals surface area contributed by atoms with Crippen LogP contribution >= 0.6 is 11.6 Å². The van der Waals surface area contributed by atoms with Crippen molar-refractivity contribution in [2.45, 2.75) is 51.4 Å². The molecule has 0 saturated carbocycles. The van der Waals surface area contributed by atoms with E-state index in [9.17, 15) is 9.59 Å². The van der Waals surface area contributed by atoms with E-state index in [0.29, 0.717) is 37.5 Å². The van der Waals surface area contributed by atoms with Crippen LogP contribution in [0.3, 0.4) is 0 Å². The number of piperazine rings is 1. The van der Waals surface area contributed by atoms with Gasteiger partial charge in [-0.2, -0.15) is 0 Å². The van der Waals surface area contributed by atoms with E-state index < -0.39 is 6.04 Å². The summed E-state index contributed by atoms with van der Waals surface area (Å²) in [5.74, 6) is -0.159. The molecule has 3 heterocycles. The van der Waals surface area contributed by atoms with Gasteiger partial charge in [-0.3, -0.25) is 14.5 Å². The Hall–Kier alpha value is -3.39. The molecular formula is C34H40ClN5O2. The summed E-state index contributed by atoms with van der Waals surface area (Å²) in [4.78, 5) is 34.3. The first-order chi connectivity index (χ1) is 20.5. The lowest BCUT2D eigenvalue weighted by atomic mass is 9.95. The Labute approximate surface area is 253 Å². The second-order valence-electron chi connectivity index (χ2n) is 11.6. The highest BCUT2D eigenvalue weighted by Crippen LogP contribution is 2.30. The van der Waals surface area contributed by atoms with Gasteiger partial charge in [-0.15, -0.1) is 0 Å². The molecule has 220 valence electrons. The molecule has 42 heavy (non-hydrogen) atoms. The number of halogens is 1. The summed E-state index contributed by atoms with van der Waals surface area (Å²) in [6.45, 7) is 8.82. The standard InChI is InChI=1S/C34H40ClN5O2/c1-2-38-15-14-25-8-5-9-32(29(25)23-38)39-16-18-40(19-17-39)34(42)31(20-24-10-12-28(35)13-11-24)37-33(41)30-21-26-6-3-4-7-27(26)22-36-30/h3-13,30-31,36H,2,14-23H2,1H3,(H,37,41). The van der Waals surface area contributed by atoms with Crippen molar-refractivity contribution in [3.05, 3.63) is 99.6 Å². The van der Waals surface area contributed by atoms with Gasteiger partial charge >= 0.3 is 0 Å². The van der Waals surface area contributed by atoms with Crippen LogP contribution in [0.5, 0.6) is 0 Å². The summed E-state index contributed by atoms with van der Waals surface area (Å²) in [6.07, 6.45) is 2.12. The van der Waals surface area contributed by atoms with Gasteiger partial charge in [0.2, 0.25) is 11.8 Å². The summed E-state index contributed by atoms with van der Waals surface area (Å²) in [6, 6.07) is 21.4. The van der Waals surface area contributed by atoms with Crippen LogP contribution in [0, 0.1) is 0 Å². The zero-order chi connectivity index (χ0) is 29.1. The number of benzene rings is 3. The molecular weight excluding hydrogens is 546 g/mol. The lowest BCUT2D eigenvalue weighted by molar-refractivity contribution is -0.137. The molecule has 2 unspecified atom stereocenters. The number of carbonyl (C=O) groups is 2. The fourth-order valence-electron chi connectivity index (χ4n) is 6.54. The van der Waals surface area contributed by atoms with E-state index in [2.05, 4.69) is 57.7 Å². The van der Waals surface area contributed by atoms with Crippen LogP contribution in [-0.4, -0.2) is 73.0 Å². The quantitative estimate of drug-likeness (QED) is 0.441. The van der Waals surface area contributed by atoms with E-state index >= 15 is 0 Å². The fourth-order valence-corrected chi connectivity index (χ4v) is 6.67. The molecule has 7 nitrogen and oxygen atoms in total. The van der Waals surface area contributed by atoms with Crippen LogP contribution in [-0.2, 0) is 41.9 Å². The summed E-state index contributed by atoms with van der Waals surface area (Å²) >= 11 is 6.12. The molecule has 3 aromatic rings. The van der Waals surface area contributed by atoms with Crippen molar-refractivity contribution in [3.8, 4) is 0 Å². The Morgan fingerprint density at radius 1 is 0.929 bits per heavy atom. The molecule has 3 aliphatic rings. The molecule has 3 aromatic carbocycles. The SMILES string of the molecule is CCN1CCc2cccc(N3CCN(C(=O)C(Cc4ccc(Cl)cc4)NC(=O)C4Cc5ccccc5CN4)CC3)c2C1. The molecule has 8 heteroatoms. The fraction of sp³-hybridized carbons (Fsp3) is 0.412. The molecule has 0 radical (unpaired) electrons. The molecule has 2 amide bonds. The van der Waals surface area contributed by atoms with Gasteiger partial charge in [0.05, 0.1) is 6.04 Å². The molecule has 2 N–H and O–H groups in total. The van der Waals surface area contributed by atoms with Gasteiger partial charge in [-0.1, -0.05) is 67.1 Å². The average Bonchev–Trinajstić information content (AvgIpc) is 3.04. The number of amides is 2. The predicted molar refractivity (Wildman–Crippen MR) is 168 cm³/mol. The van der Waals surface area contributed by atoms with Crippen LogP contribution in [0.4, 0.5) is 5.69 Å². The summed E-state index contributed by atoms with van der Waals surface area (Å²) in [5, 5.41) is 7.14. The van der Waals surface area contributed by atoms with Crippen molar-refractivity contribution < 1.29 is 9.59 Å². The first kappa shape index (κ1) is 28.7. The number of nitrogens with one attached hydrogen (secondary N) is 2. The van der Waals surface area contributed by atoms with E-state index in [1.54, 1.807) is 0 Å². The zero-order valence-corrected chi connectivity index (χ0v) is 25.1. The number of hydrogen-bond donors (Lipinski definition) is 2. The monoisotopic (exact) mass is 585 g/mol. The normalized spacial score (nSPS) is 19.5. The number of fused-ring (bicyclic) bond motifs is 2. The number of likely N-dealkylation sites (N-methyl/N-ethyl adjacent to an activating group) is 1. The van der Waals surface area contributed by atoms with E-state index in [4.69, 9.17) is 11.6 Å². The minimum absolute atomic E-state index is 0.0265. The predicted octanol–water partition coefficient (Wildman–Crippen LogP) is 3.81. The Kier molecular flexibility index (Phi) is 8.79. The van der Waals surface area contributed by atoms with Gasteiger partial charge in [0, 0.05) is 62.9 Å². The maximum Gasteiger partial charge on any atom is 0.245 e. The zero-order valence-electron chi connectivity index (χ0n) is 24.3. The third kappa shape index (κ3) is 6.33. The van der Waals surface area contributed by atoms with Gasteiger partial charge in [0.25, 0.3) is 0 Å². The minimum Gasteiger partial charge on any atom is -0.368 e.